The number of carboxylic acid groups (broad SMARTS) is 1. The van der Waals surface area contributed by atoms with Crippen LogP contribution in [0, 0.1) is 0 Å². The average Bonchev–Trinajstić information content (AvgIpc) is 3.04. The molecule has 1 aliphatic rings. The Hall–Kier alpha value is -2.38. The Labute approximate surface area is 191 Å². The lowest BCUT2D eigenvalue weighted by Gasteiger charge is -2.32. The van der Waals surface area contributed by atoms with E-state index in [1.54, 1.807) is 20.8 Å². The summed E-state index contributed by atoms with van der Waals surface area (Å²) in [5, 5.41) is 9.77. The molecule has 2 aromatic carbocycles. The van der Waals surface area contributed by atoms with Crippen molar-refractivity contribution in [1.82, 2.24) is 4.90 Å². The Morgan fingerprint density at radius 1 is 1.16 bits per heavy atom. The van der Waals surface area contributed by atoms with Gasteiger partial charge < -0.3 is 14.6 Å². The molecule has 6 nitrogen and oxygen atoms in total. The molecule has 0 aromatic heterocycles. The predicted molar refractivity (Wildman–Crippen MR) is 122 cm³/mol. The summed E-state index contributed by atoms with van der Waals surface area (Å²) in [5.41, 5.74) is 1.06. The van der Waals surface area contributed by atoms with Crippen molar-refractivity contribution < 1.29 is 24.2 Å². The number of nitrogens with zero attached hydrogens (tertiary/aromatic N) is 1. The second-order valence-electron chi connectivity index (χ2n) is 9.02. The van der Waals surface area contributed by atoms with Gasteiger partial charge in [-0.1, -0.05) is 46.3 Å². The lowest BCUT2D eigenvalue weighted by Crippen LogP contribution is -2.52. The first-order chi connectivity index (χ1) is 14.5. The topological polar surface area (TPSA) is 76.1 Å². The molecule has 1 fully saturated rings. The van der Waals surface area contributed by atoms with Gasteiger partial charge in [-0.2, -0.15) is 0 Å². The van der Waals surface area contributed by atoms with Gasteiger partial charge in [-0.05, 0) is 62.6 Å². The first-order valence-corrected chi connectivity index (χ1v) is 11.0. The van der Waals surface area contributed by atoms with Crippen LogP contribution in [0.25, 0.3) is 11.1 Å². The maximum absolute atomic E-state index is 12.6. The van der Waals surface area contributed by atoms with Crippen molar-refractivity contribution in [2.24, 2.45) is 0 Å². The number of halogens is 1. The van der Waals surface area contributed by atoms with E-state index >= 15 is 0 Å². The van der Waals surface area contributed by atoms with E-state index in [-0.39, 0.29) is 13.0 Å². The summed E-state index contributed by atoms with van der Waals surface area (Å²) in [6, 6.07) is 16.1. The third kappa shape index (κ3) is 5.66. The van der Waals surface area contributed by atoms with Gasteiger partial charge in [-0.25, -0.2) is 9.59 Å². The van der Waals surface area contributed by atoms with Crippen molar-refractivity contribution in [3.8, 4) is 11.1 Å². The van der Waals surface area contributed by atoms with Gasteiger partial charge in [0.05, 0.1) is 19.3 Å². The number of carbonyl (C=O) groups excluding carboxylic acids is 1. The SMILES string of the molecule is CC(C)(C)OC(=O)N1C[C@H](OCc2cccc(-c3cccc(Br)c3)c2)C[C@@]1(C)C(=O)O. The van der Waals surface area contributed by atoms with Crippen LogP contribution >= 0.6 is 15.9 Å². The highest BCUT2D eigenvalue weighted by Gasteiger charge is 2.51. The number of carboxylic acids is 1. The van der Waals surface area contributed by atoms with E-state index in [1.807, 2.05) is 42.5 Å². The molecule has 0 saturated carbocycles. The molecule has 0 bridgehead atoms. The number of aliphatic carboxylic acids is 1. The molecule has 1 aliphatic heterocycles. The molecule has 0 radical (unpaired) electrons. The first-order valence-electron chi connectivity index (χ1n) is 10.2. The molecule has 2 atom stereocenters. The van der Waals surface area contributed by atoms with E-state index in [0.29, 0.717) is 6.61 Å². The summed E-state index contributed by atoms with van der Waals surface area (Å²) in [6.45, 7) is 7.30. The molecule has 1 amide bonds. The smallest absolute Gasteiger partial charge is 0.411 e. The molecule has 3 rings (SSSR count). The first kappa shape index (κ1) is 23.3. The Morgan fingerprint density at radius 2 is 1.81 bits per heavy atom. The number of rotatable bonds is 5. The van der Waals surface area contributed by atoms with E-state index in [4.69, 9.17) is 9.47 Å². The van der Waals surface area contributed by atoms with Gasteiger partial charge >= 0.3 is 12.1 Å². The zero-order valence-electron chi connectivity index (χ0n) is 18.2. The third-order valence-corrected chi connectivity index (χ3v) is 5.75. The number of hydrogen-bond acceptors (Lipinski definition) is 4. The number of benzene rings is 2. The fourth-order valence-electron chi connectivity index (χ4n) is 3.65. The minimum atomic E-state index is -1.37. The summed E-state index contributed by atoms with van der Waals surface area (Å²) in [7, 11) is 0. The van der Waals surface area contributed by atoms with Crippen molar-refractivity contribution in [3.05, 3.63) is 58.6 Å². The molecule has 1 saturated heterocycles. The third-order valence-electron chi connectivity index (χ3n) is 5.25. The van der Waals surface area contributed by atoms with Crippen molar-refractivity contribution in [2.45, 2.75) is 58.0 Å². The maximum atomic E-state index is 12.6. The summed E-state index contributed by atoms with van der Waals surface area (Å²) in [6.07, 6.45) is -0.837. The van der Waals surface area contributed by atoms with Crippen LogP contribution in [0.2, 0.25) is 0 Å². The normalized spacial score (nSPS) is 21.2. The number of amides is 1. The van der Waals surface area contributed by atoms with Crippen molar-refractivity contribution in [3.63, 3.8) is 0 Å². The largest absolute Gasteiger partial charge is 0.480 e. The molecule has 0 aliphatic carbocycles. The van der Waals surface area contributed by atoms with Gasteiger partial charge in [-0.15, -0.1) is 0 Å². The number of carbonyl (C=O) groups is 2. The van der Waals surface area contributed by atoms with E-state index in [1.165, 1.54) is 11.8 Å². The van der Waals surface area contributed by atoms with Crippen LogP contribution < -0.4 is 0 Å². The Kier molecular flexibility index (Phi) is 6.76. The molecule has 1 heterocycles. The lowest BCUT2D eigenvalue weighted by atomic mass is 9.98. The van der Waals surface area contributed by atoms with Crippen LogP contribution in [0.3, 0.4) is 0 Å². The van der Waals surface area contributed by atoms with Crippen LogP contribution in [0.5, 0.6) is 0 Å². The quantitative estimate of drug-likeness (QED) is 0.600. The Balaban J connectivity index is 1.70. The zero-order chi connectivity index (χ0) is 22.8. The van der Waals surface area contributed by atoms with Crippen LogP contribution in [0.4, 0.5) is 4.79 Å². The minimum absolute atomic E-state index is 0.170. The fourth-order valence-corrected chi connectivity index (χ4v) is 4.05. The molecular formula is C24H28BrNO5. The van der Waals surface area contributed by atoms with Gasteiger partial charge in [0.2, 0.25) is 0 Å². The van der Waals surface area contributed by atoms with Gasteiger partial charge in [0, 0.05) is 10.9 Å². The van der Waals surface area contributed by atoms with Crippen LogP contribution in [0.15, 0.2) is 53.0 Å². The highest BCUT2D eigenvalue weighted by molar-refractivity contribution is 9.10. The van der Waals surface area contributed by atoms with Gasteiger partial charge in [0.15, 0.2) is 0 Å². The highest BCUT2D eigenvalue weighted by atomic mass is 79.9. The van der Waals surface area contributed by atoms with Crippen LogP contribution in [-0.4, -0.2) is 45.9 Å². The monoisotopic (exact) mass is 489 g/mol. The van der Waals surface area contributed by atoms with Gasteiger partial charge in [0.1, 0.15) is 11.1 Å². The Bertz CT molecular complexity index is 970. The summed E-state index contributed by atoms with van der Waals surface area (Å²) in [4.78, 5) is 25.8. The molecule has 0 unspecified atom stereocenters. The second kappa shape index (κ2) is 9.01. The molecule has 7 heteroatoms. The number of ether oxygens (including phenoxy) is 2. The standard InChI is InChI=1S/C24H28BrNO5/c1-23(2,3)31-22(29)26-14-20(13-24(26,4)21(27)28)30-15-16-7-5-8-17(11-16)18-9-6-10-19(25)12-18/h5-12,20H,13-15H2,1-4H3,(H,27,28)/t20-,24+/m1/s1. The van der Waals surface area contributed by atoms with Gasteiger partial charge in [-0.3, -0.25) is 4.90 Å². The van der Waals surface area contributed by atoms with E-state index in [0.717, 1.165) is 21.2 Å². The summed E-state index contributed by atoms with van der Waals surface area (Å²) >= 11 is 3.50. The van der Waals surface area contributed by atoms with Gasteiger partial charge in [0.25, 0.3) is 0 Å². The number of hydrogen-bond donors (Lipinski definition) is 1. The summed E-state index contributed by atoms with van der Waals surface area (Å²) < 4.78 is 12.5. The van der Waals surface area contributed by atoms with Crippen molar-refractivity contribution in [1.29, 1.82) is 0 Å². The Morgan fingerprint density at radius 3 is 2.42 bits per heavy atom. The maximum Gasteiger partial charge on any atom is 0.411 e. The average molecular weight is 490 g/mol. The second-order valence-corrected chi connectivity index (χ2v) is 9.93. The molecule has 166 valence electrons. The minimum Gasteiger partial charge on any atom is -0.480 e. The summed E-state index contributed by atoms with van der Waals surface area (Å²) in [5.74, 6) is -1.07. The molecule has 31 heavy (non-hydrogen) atoms. The van der Waals surface area contributed by atoms with E-state index in [9.17, 15) is 14.7 Å². The van der Waals surface area contributed by atoms with Crippen LogP contribution in [0.1, 0.15) is 39.7 Å². The molecule has 1 N–H and O–H groups in total. The van der Waals surface area contributed by atoms with Crippen LogP contribution in [-0.2, 0) is 20.9 Å². The zero-order valence-corrected chi connectivity index (χ0v) is 19.8. The van der Waals surface area contributed by atoms with E-state index in [2.05, 4.69) is 22.0 Å². The molecule has 0 spiro atoms. The molecule has 2 aromatic rings. The highest BCUT2D eigenvalue weighted by Crippen LogP contribution is 2.33. The molecular weight excluding hydrogens is 462 g/mol. The fraction of sp³-hybridized carbons (Fsp3) is 0.417. The van der Waals surface area contributed by atoms with Crippen molar-refractivity contribution in [2.75, 3.05) is 6.54 Å². The van der Waals surface area contributed by atoms with E-state index < -0.39 is 29.3 Å². The lowest BCUT2D eigenvalue weighted by molar-refractivity contribution is -0.148. The van der Waals surface area contributed by atoms with Crippen molar-refractivity contribution >= 4 is 28.0 Å². The predicted octanol–water partition coefficient (Wildman–Crippen LogP) is 5.49. The number of likely N-dealkylation sites (tertiary alicyclic amines) is 1.